The molecule has 0 bridgehead atoms. The monoisotopic (exact) mass is 581 g/mol. The first-order valence-electron chi connectivity index (χ1n) is 12.9. The average molecular weight is 583 g/mol. The Bertz CT molecular complexity index is 1550. The molecule has 2 aliphatic heterocycles. The fourth-order valence-corrected chi connectivity index (χ4v) is 6.13. The van der Waals surface area contributed by atoms with Crippen molar-refractivity contribution < 1.29 is 4.79 Å². The summed E-state index contributed by atoms with van der Waals surface area (Å²) in [6.45, 7) is 2.75. The van der Waals surface area contributed by atoms with E-state index < -0.39 is 0 Å². The van der Waals surface area contributed by atoms with Crippen LogP contribution in [0.15, 0.2) is 65.8 Å². The molecule has 1 amide bonds. The van der Waals surface area contributed by atoms with E-state index in [0.29, 0.717) is 26.5 Å². The Morgan fingerprint density at radius 2 is 1.67 bits per heavy atom. The number of nitrogens with one attached hydrogen (secondary N) is 2. The first-order chi connectivity index (χ1) is 18.9. The molecule has 0 spiro atoms. The zero-order chi connectivity index (χ0) is 27.1. The molecule has 0 saturated carbocycles. The minimum atomic E-state index is -0.256. The number of carbonyl (C=O) groups is 1. The molecular formula is C28H26Cl3N7O. The second-order valence-corrected chi connectivity index (χ2v) is 11.2. The summed E-state index contributed by atoms with van der Waals surface area (Å²) in [4.78, 5) is 13.8. The minimum absolute atomic E-state index is 0.0231. The molecular weight excluding hydrogens is 557 g/mol. The van der Waals surface area contributed by atoms with Crippen molar-refractivity contribution in [3.05, 3.63) is 86.9 Å². The highest BCUT2D eigenvalue weighted by atomic mass is 35.5. The molecule has 2 N–H and O–H groups in total. The summed E-state index contributed by atoms with van der Waals surface area (Å²) < 4.78 is 0. The van der Waals surface area contributed by atoms with E-state index >= 15 is 0 Å². The Balaban J connectivity index is 1.31. The van der Waals surface area contributed by atoms with E-state index in [-0.39, 0.29) is 23.9 Å². The molecule has 3 heterocycles. The molecule has 8 nitrogen and oxygen atoms in total. The van der Waals surface area contributed by atoms with E-state index in [9.17, 15) is 4.79 Å². The van der Waals surface area contributed by atoms with E-state index in [1.165, 1.54) is 0 Å². The summed E-state index contributed by atoms with van der Waals surface area (Å²) in [5, 5.41) is 21.3. The molecule has 0 aliphatic carbocycles. The van der Waals surface area contributed by atoms with Crippen LogP contribution in [-0.4, -0.2) is 38.6 Å². The topological polar surface area (TPSA) is 89.5 Å². The number of hydrogen-bond acceptors (Lipinski definition) is 6. The van der Waals surface area contributed by atoms with Crippen LogP contribution >= 0.6 is 34.8 Å². The number of piperidine rings is 1. The summed E-state index contributed by atoms with van der Waals surface area (Å²) in [5.74, 6) is -0.462. The number of hydrazine groups is 1. The number of fused-ring (bicyclic) bond motifs is 1. The number of rotatable bonds is 5. The van der Waals surface area contributed by atoms with Crippen molar-refractivity contribution in [2.75, 3.05) is 11.6 Å². The number of aromatic nitrogens is 3. The van der Waals surface area contributed by atoms with Crippen LogP contribution in [0.2, 0.25) is 15.1 Å². The summed E-state index contributed by atoms with van der Waals surface area (Å²) in [6, 6.07) is 18.7. The van der Waals surface area contributed by atoms with Gasteiger partial charge in [0.1, 0.15) is 16.7 Å². The number of hydrogen-bond donors (Lipinski definition) is 2. The predicted octanol–water partition coefficient (Wildman–Crippen LogP) is 6.73. The van der Waals surface area contributed by atoms with Crippen LogP contribution in [0.3, 0.4) is 0 Å². The van der Waals surface area contributed by atoms with Crippen LogP contribution in [-0.2, 0) is 4.79 Å². The molecule has 1 unspecified atom stereocenters. The van der Waals surface area contributed by atoms with Crippen molar-refractivity contribution in [2.45, 2.75) is 38.3 Å². The maximum atomic E-state index is 13.8. The normalized spacial score (nSPS) is 21.8. The van der Waals surface area contributed by atoms with Gasteiger partial charge in [-0.15, -0.1) is 0 Å². The first kappa shape index (κ1) is 26.1. The average Bonchev–Trinajstić information content (AvgIpc) is 3.53. The highest BCUT2D eigenvalue weighted by Gasteiger charge is 2.41. The van der Waals surface area contributed by atoms with Gasteiger partial charge in [0, 0.05) is 22.5 Å². The van der Waals surface area contributed by atoms with Crippen molar-refractivity contribution in [2.24, 2.45) is 11.0 Å². The maximum Gasteiger partial charge on any atom is 0.282 e. The van der Waals surface area contributed by atoms with Crippen LogP contribution < -0.4 is 10.4 Å². The lowest BCUT2D eigenvalue weighted by molar-refractivity contribution is -0.121. The van der Waals surface area contributed by atoms with Gasteiger partial charge in [0.25, 0.3) is 5.91 Å². The van der Waals surface area contributed by atoms with Crippen molar-refractivity contribution in [1.82, 2.24) is 25.8 Å². The Morgan fingerprint density at radius 3 is 2.46 bits per heavy atom. The number of hydrazone groups is 1. The molecule has 39 heavy (non-hydrogen) atoms. The number of H-pyrrole nitrogens is 1. The number of nitrogens with zero attached hydrogens (tertiary/aromatic N) is 5. The molecule has 1 saturated heterocycles. The summed E-state index contributed by atoms with van der Waals surface area (Å²) >= 11 is 18.9. The second kappa shape index (κ2) is 10.8. The molecule has 1 fully saturated rings. The summed E-state index contributed by atoms with van der Waals surface area (Å²) in [7, 11) is 0. The van der Waals surface area contributed by atoms with Gasteiger partial charge in [-0.1, -0.05) is 66.3 Å². The zero-order valence-electron chi connectivity index (χ0n) is 21.1. The highest BCUT2D eigenvalue weighted by Crippen LogP contribution is 2.42. The van der Waals surface area contributed by atoms with Gasteiger partial charge < -0.3 is 0 Å². The Morgan fingerprint density at radius 1 is 0.923 bits per heavy atom. The molecule has 2 aliphatic rings. The largest absolute Gasteiger partial charge is 0.283 e. The molecule has 3 atom stereocenters. The number of benzene rings is 3. The quantitative estimate of drug-likeness (QED) is 0.272. The van der Waals surface area contributed by atoms with Crippen molar-refractivity contribution in [3.8, 4) is 0 Å². The number of carbonyl (C=O) groups excluding carboxylic acids is 1. The van der Waals surface area contributed by atoms with Gasteiger partial charge in [-0.25, -0.2) is 5.01 Å². The molecule has 6 rings (SSSR count). The van der Waals surface area contributed by atoms with E-state index in [1.807, 2.05) is 59.4 Å². The van der Waals surface area contributed by atoms with Crippen molar-refractivity contribution in [1.29, 1.82) is 0 Å². The van der Waals surface area contributed by atoms with Gasteiger partial charge >= 0.3 is 0 Å². The molecule has 0 radical (unpaired) electrons. The van der Waals surface area contributed by atoms with Crippen LogP contribution in [0.25, 0.3) is 11.0 Å². The standard InChI is InChI=1S/C28H26Cl3N7O/c1-16-26(28(39)35-37-13-3-2-4-24(37)18-7-11-22-23(14-18)33-36-32-22)34-38(25-12-10-20(30)15-21(25)31)27(16)17-5-8-19(29)9-6-17/h5-12,14-16,24,27H,2-4,13H2,1H3,(H,35,39)(H,32,33,36)/t16-,24?,27+/m0/s1. The number of amides is 1. The van der Waals surface area contributed by atoms with Gasteiger partial charge in [-0.3, -0.25) is 15.2 Å². The van der Waals surface area contributed by atoms with Gasteiger partial charge in [0.05, 0.1) is 22.8 Å². The number of halogens is 3. The smallest absolute Gasteiger partial charge is 0.282 e. The SMILES string of the molecule is C[C@H]1C(C(=O)NN2CCCCC2c2ccc3n[nH]nc3c2)=NN(c2ccc(Cl)cc2Cl)[C@H]1c1ccc(Cl)cc1. The predicted molar refractivity (Wildman–Crippen MR) is 155 cm³/mol. The lowest BCUT2D eigenvalue weighted by atomic mass is 9.91. The lowest BCUT2D eigenvalue weighted by Crippen LogP contribution is -2.49. The third kappa shape index (κ3) is 5.10. The van der Waals surface area contributed by atoms with E-state index in [0.717, 1.165) is 48.0 Å². The van der Waals surface area contributed by atoms with Crippen LogP contribution in [0.1, 0.15) is 49.4 Å². The Kier molecular flexibility index (Phi) is 7.20. The zero-order valence-corrected chi connectivity index (χ0v) is 23.4. The Hall–Kier alpha value is -3.17. The number of anilines is 1. The Labute approximate surface area is 240 Å². The van der Waals surface area contributed by atoms with E-state index in [2.05, 4.69) is 26.9 Å². The third-order valence-electron chi connectivity index (χ3n) is 7.46. The number of aromatic amines is 1. The molecule has 1 aromatic heterocycles. The fraction of sp³-hybridized carbons (Fsp3) is 0.286. The molecule has 3 aromatic carbocycles. The lowest BCUT2D eigenvalue weighted by Gasteiger charge is -2.36. The van der Waals surface area contributed by atoms with Gasteiger partial charge in [0.15, 0.2) is 0 Å². The highest BCUT2D eigenvalue weighted by molar-refractivity contribution is 6.41. The van der Waals surface area contributed by atoms with Gasteiger partial charge in [-0.2, -0.15) is 20.5 Å². The van der Waals surface area contributed by atoms with E-state index in [1.54, 1.807) is 12.1 Å². The summed E-state index contributed by atoms with van der Waals surface area (Å²) in [5.41, 5.74) is 7.96. The molecule has 11 heteroatoms. The van der Waals surface area contributed by atoms with Crippen LogP contribution in [0.5, 0.6) is 0 Å². The van der Waals surface area contributed by atoms with Crippen molar-refractivity contribution >= 4 is 63.1 Å². The third-order valence-corrected chi connectivity index (χ3v) is 8.25. The molecule has 4 aromatic rings. The van der Waals surface area contributed by atoms with Crippen LogP contribution in [0.4, 0.5) is 5.69 Å². The van der Waals surface area contributed by atoms with Gasteiger partial charge in [-0.05, 0) is 66.4 Å². The minimum Gasteiger partial charge on any atom is -0.283 e. The molecule has 200 valence electrons. The maximum absolute atomic E-state index is 13.8. The summed E-state index contributed by atoms with van der Waals surface area (Å²) in [6.07, 6.45) is 2.99. The second-order valence-electron chi connectivity index (χ2n) is 9.93. The van der Waals surface area contributed by atoms with Gasteiger partial charge in [0.2, 0.25) is 0 Å². The van der Waals surface area contributed by atoms with Crippen LogP contribution in [0, 0.1) is 5.92 Å². The first-order valence-corrected chi connectivity index (χ1v) is 14.0. The van der Waals surface area contributed by atoms with Crippen molar-refractivity contribution in [3.63, 3.8) is 0 Å². The fourth-order valence-electron chi connectivity index (χ4n) is 5.51. The van der Waals surface area contributed by atoms with E-state index in [4.69, 9.17) is 39.9 Å².